The SMILES string of the molecule is CCCCc1cc(CCCC)cc(C2=CCC=C2)c1. The lowest BCUT2D eigenvalue weighted by Gasteiger charge is -2.10. The summed E-state index contributed by atoms with van der Waals surface area (Å²) in [5, 5.41) is 0. The van der Waals surface area contributed by atoms with Crippen LogP contribution in [0.2, 0.25) is 0 Å². The van der Waals surface area contributed by atoms with Crippen LogP contribution in [0.25, 0.3) is 5.57 Å². The predicted molar refractivity (Wildman–Crippen MR) is 85.4 cm³/mol. The minimum Gasteiger partial charge on any atom is -0.0801 e. The first-order valence-electron chi connectivity index (χ1n) is 7.83. The molecule has 0 spiro atoms. The topological polar surface area (TPSA) is 0 Å². The van der Waals surface area contributed by atoms with Gasteiger partial charge in [-0.25, -0.2) is 0 Å². The molecule has 1 aromatic carbocycles. The number of rotatable bonds is 7. The van der Waals surface area contributed by atoms with Gasteiger partial charge in [-0.05, 0) is 54.4 Å². The summed E-state index contributed by atoms with van der Waals surface area (Å²) in [5.74, 6) is 0. The van der Waals surface area contributed by atoms with Gasteiger partial charge < -0.3 is 0 Å². The van der Waals surface area contributed by atoms with Crippen LogP contribution in [-0.2, 0) is 12.8 Å². The van der Waals surface area contributed by atoms with E-state index in [4.69, 9.17) is 0 Å². The molecule has 0 heterocycles. The number of benzene rings is 1. The van der Waals surface area contributed by atoms with E-state index in [0.717, 1.165) is 6.42 Å². The zero-order valence-corrected chi connectivity index (χ0v) is 12.4. The van der Waals surface area contributed by atoms with Crippen LogP contribution >= 0.6 is 0 Å². The average molecular weight is 254 g/mol. The van der Waals surface area contributed by atoms with E-state index in [1.807, 2.05) is 0 Å². The molecule has 0 bridgehead atoms. The Hall–Kier alpha value is -1.30. The van der Waals surface area contributed by atoms with Crippen molar-refractivity contribution in [2.75, 3.05) is 0 Å². The molecule has 2 rings (SSSR count). The van der Waals surface area contributed by atoms with E-state index in [0.29, 0.717) is 0 Å². The molecule has 1 aliphatic rings. The maximum Gasteiger partial charge on any atom is -0.0157 e. The van der Waals surface area contributed by atoms with Crippen LogP contribution in [0.5, 0.6) is 0 Å². The summed E-state index contributed by atoms with van der Waals surface area (Å²) in [6, 6.07) is 7.22. The first kappa shape index (κ1) is 14.1. The minimum atomic E-state index is 1.10. The van der Waals surface area contributed by atoms with E-state index in [9.17, 15) is 0 Å². The van der Waals surface area contributed by atoms with Gasteiger partial charge in [-0.15, -0.1) is 0 Å². The molecular formula is C19H26. The van der Waals surface area contributed by atoms with Crippen LogP contribution in [0.3, 0.4) is 0 Å². The summed E-state index contributed by atoms with van der Waals surface area (Å²) in [5.41, 5.74) is 5.88. The van der Waals surface area contributed by atoms with Gasteiger partial charge in [0.25, 0.3) is 0 Å². The smallest absolute Gasteiger partial charge is 0.0157 e. The molecule has 0 atom stereocenters. The zero-order valence-electron chi connectivity index (χ0n) is 12.4. The fourth-order valence-electron chi connectivity index (χ4n) is 2.65. The van der Waals surface area contributed by atoms with Gasteiger partial charge in [0, 0.05) is 0 Å². The van der Waals surface area contributed by atoms with Crippen molar-refractivity contribution in [3.8, 4) is 0 Å². The van der Waals surface area contributed by atoms with Gasteiger partial charge in [0.2, 0.25) is 0 Å². The average Bonchev–Trinajstić information content (AvgIpc) is 2.97. The van der Waals surface area contributed by atoms with E-state index in [2.05, 4.69) is 50.3 Å². The van der Waals surface area contributed by atoms with Gasteiger partial charge in [0.15, 0.2) is 0 Å². The third-order valence-corrected chi connectivity index (χ3v) is 3.80. The third-order valence-electron chi connectivity index (χ3n) is 3.80. The van der Waals surface area contributed by atoms with E-state index >= 15 is 0 Å². The van der Waals surface area contributed by atoms with Crippen LogP contribution < -0.4 is 0 Å². The second-order valence-electron chi connectivity index (χ2n) is 5.54. The monoisotopic (exact) mass is 254 g/mol. The van der Waals surface area contributed by atoms with Crippen LogP contribution in [0.4, 0.5) is 0 Å². The highest BCUT2D eigenvalue weighted by atomic mass is 14.1. The fourth-order valence-corrected chi connectivity index (χ4v) is 2.65. The van der Waals surface area contributed by atoms with Crippen molar-refractivity contribution in [3.63, 3.8) is 0 Å². The molecule has 0 radical (unpaired) electrons. The minimum absolute atomic E-state index is 1.10. The molecule has 0 saturated heterocycles. The normalized spacial score (nSPS) is 13.9. The summed E-state index contributed by atoms with van der Waals surface area (Å²) >= 11 is 0. The first-order valence-corrected chi connectivity index (χ1v) is 7.83. The number of aryl methyl sites for hydroxylation is 2. The lowest BCUT2D eigenvalue weighted by atomic mass is 9.95. The summed E-state index contributed by atoms with van der Waals surface area (Å²) in [6.45, 7) is 4.54. The largest absolute Gasteiger partial charge is 0.0801 e. The molecule has 0 nitrogen and oxygen atoms in total. The molecule has 0 aliphatic heterocycles. The van der Waals surface area contributed by atoms with Crippen molar-refractivity contribution in [2.45, 2.75) is 58.8 Å². The molecule has 19 heavy (non-hydrogen) atoms. The summed E-state index contributed by atoms with van der Waals surface area (Å²) in [7, 11) is 0. The molecule has 0 amide bonds. The molecule has 1 aromatic rings. The quantitative estimate of drug-likeness (QED) is 0.584. The molecule has 0 aromatic heterocycles. The molecule has 0 heteroatoms. The van der Waals surface area contributed by atoms with Gasteiger partial charge in [-0.1, -0.05) is 63.1 Å². The Kier molecular flexibility index (Phi) is 5.44. The van der Waals surface area contributed by atoms with Gasteiger partial charge >= 0.3 is 0 Å². The molecular weight excluding hydrogens is 228 g/mol. The predicted octanol–water partition coefficient (Wildman–Crippen LogP) is 5.72. The maximum absolute atomic E-state index is 2.42. The number of allylic oxidation sites excluding steroid dienone is 4. The Balaban J connectivity index is 2.22. The van der Waals surface area contributed by atoms with Gasteiger partial charge in [0.1, 0.15) is 0 Å². The van der Waals surface area contributed by atoms with Crippen LogP contribution in [0.15, 0.2) is 36.4 Å². The van der Waals surface area contributed by atoms with E-state index in [1.165, 1.54) is 60.8 Å². The zero-order chi connectivity index (χ0) is 13.5. The van der Waals surface area contributed by atoms with Crippen molar-refractivity contribution >= 4 is 5.57 Å². The highest BCUT2D eigenvalue weighted by Gasteiger charge is 2.06. The van der Waals surface area contributed by atoms with Crippen molar-refractivity contribution in [1.29, 1.82) is 0 Å². The van der Waals surface area contributed by atoms with Crippen molar-refractivity contribution in [2.24, 2.45) is 0 Å². The molecule has 0 N–H and O–H groups in total. The Morgan fingerprint density at radius 1 is 0.895 bits per heavy atom. The van der Waals surface area contributed by atoms with Crippen molar-refractivity contribution in [1.82, 2.24) is 0 Å². The molecule has 1 aliphatic carbocycles. The molecule has 102 valence electrons. The van der Waals surface area contributed by atoms with Crippen LogP contribution in [0, 0.1) is 0 Å². The summed E-state index contributed by atoms with van der Waals surface area (Å²) in [6.07, 6.45) is 15.5. The van der Waals surface area contributed by atoms with Gasteiger partial charge in [-0.3, -0.25) is 0 Å². The Labute approximate surface area is 118 Å². The van der Waals surface area contributed by atoms with Crippen molar-refractivity contribution in [3.05, 3.63) is 53.1 Å². The lowest BCUT2D eigenvalue weighted by molar-refractivity contribution is 0.780. The Bertz CT molecular complexity index is 437. The first-order chi connectivity index (χ1) is 9.33. The van der Waals surface area contributed by atoms with Crippen LogP contribution in [0.1, 0.15) is 62.6 Å². The van der Waals surface area contributed by atoms with Gasteiger partial charge in [0.05, 0.1) is 0 Å². The van der Waals surface area contributed by atoms with E-state index in [1.54, 1.807) is 0 Å². The Morgan fingerprint density at radius 3 is 2.00 bits per heavy atom. The second kappa shape index (κ2) is 7.33. The Morgan fingerprint density at radius 2 is 1.53 bits per heavy atom. The number of hydrogen-bond acceptors (Lipinski definition) is 0. The maximum atomic E-state index is 2.42. The third kappa shape index (κ3) is 4.09. The summed E-state index contributed by atoms with van der Waals surface area (Å²) in [4.78, 5) is 0. The van der Waals surface area contributed by atoms with E-state index < -0.39 is 0 Å². The highest BCUT2D eigenvalue weighted by Crippen LogP contribution is 2.25. The second-order valence-corrected chi connectivity index (χ2v) is 5.54. The molecule has 0 fully saturated rings. The van der Waals surface area contributed by atoms with Gasteiger partial charge in [-0.2, -0.15) is 0 Å². The van der Waals surface area contributed by atoms with E-state index in [-0.39, 0.29) is 0 Å². The standard InChI is InChI=1S/C19H26/c1-3-5-9-16-13-17(10-6-4-2)15-19(14-16)18-11-7-8-12-18/h7,11-15H,3-6,8-10H2,1-2H3. The fraction of sp³-hybridized carbons (Fsp3) is 0.474. The molecule has 0 unspecified atom stereocenters. The molecule has 0 saturated carbocycles. The van der Waals surface area contributed by atoms with Crippen LogP contribution in [-0.4, -0.2) is 0 Å². The lowest BCUT2D eigenvalue weighted by Crippen LogP contribution is -1.93. The number of unbranched alkanes of at least 4 members (excludes halogenated alkanes) is 2. The van der Waals surface area contributed by atoms with Crippen molar-refractivity contribution < 1.29 is 0 Å². The highest BCUT2D eigenvalue weighted by molar-refractivity contribution is 5.76. The summed E-state index contributed by atoms with van der Waals surface area (Å²) < 4.78 is 0. The number of hydrogen-bond donors (Lipinski definition) is 0.